The number of nitrogens with one attached hydrogen (secondary N) is 1. The molecule has 1 atom stereocenters. The number of fused-ring (bicyclic) bond motifs is 1. The van der Waals surface area contributed by atoms with Crippen LogP contribution in [0.4, 0.5) is 5.69 Å². The molecule has 0 aliphatic carbocycles. The van der Waals surface area contributed by atoms with Gasteiger partial charge in [0, 0.05) is 34.7 Å². The average Bonchev–Trinajstić information content (AvgIpc) is 2.85. The number of aryl methyl sites for hydroxylation is 1. The van der Waals surface area contributed by atoms with Crippen LogP contribution in [0.15, 0.2) is 63.9 Å². The molecule has 0 saturated carbocycles. The molecule has 0 fully saturated rings. The molecule has 0 saturated heterocycles. The normalized spacial score (nSPS) is 18.9. The Balaban J connectivity index is 1.92. The van der Waals surface area contributed by atoms with Crippen LogP contribution in [-0.2, 0) is 16.0 Å². The highest BCUT2D eigenvalue weighted by Crippen LogP contribution is 2.42. The van der Waals surface area contributed by atoms with E-state index in [2.05, 4.69) is 11.4 Å². The molecular weight excluding hydrogens is 390 g/mol. The molecule has 1 unspecified atom stereocenters. The molecule has 7 heteroatoms. The Morgan fingerprint density at radius 2 is 1.93 bits per heavy atom. The third-order valence-electron chi connectivity index (χ3n) is 5.12. The largest absolute Gasteiger partial charge is 0.495 e. The topological polar surface area (TPSA) is 95.9 Å². The van der Waals surface area contributed by atoms with Crippen molar-refractivity contribution in [2.24, 2.45) is 5.41 Å². The minimum absolute atomic E-state index is 0.101. The van der Waals surface area contributed by atoms with Gasteiger partial charge < -0.3 is 20.3 Å². The number of methoxy groups -OCH3 is 1. The fraction of sp³-hybridized carbons (Fsp3) is 0.273. The van der Waals surface area contributed by atoms with Crippen molar-refractivity contribution < 1.29 is 24.5 Å². The average molecular weight is 413 g/mol. The van der Waals surface area contributed by atoms with Gasteiger partial charge in [-0.2, -0.15) is 0 Å². The Hall–Kier alpha value is -2.93. The number of anilines is 1. The first-order valence-corrected chi connectivity index (χ1v) is 10.00. The van der Waals surface area contributed by atoms with Crippen LogP contribution in [-0.4, -0.2) is 35.8 Å². The minimum atomic E-state index is -1.26. The quantitative estimate of drug-likeness (QED) is 0.608. The van der Waals surface area contributed by atoms with E-state index in [0.717, 1.165) is 32.9 Å². The number of carboxylic acids is 2. The van der Waals surface area contributed by atoms with Crippen LogP contribution in [0.1, 0.15) is 18.9 Å². The van der Waals surface area contributed by atoms with Gasteiger partial charge in [0.2, 0.25) is 0 Å². The number of hydrogen-bond acceptors (Lipinski definition) is 5. The van der Waals surface area contributed by atoms with Crippen molar-refractivity contribution in [2.45, 2.75) is 29.6 Å². The smallest absolute Gasteiger partial charge is 0.332 e. The van der Waals surface area contributed by atoms with Gasteiger partial charge in [-0.15, -0.1) is 0 Å². The predicted octanol–water partition coefficient (Wildman–Crippen LogP) is 4.31. The van der Waals surface area contributed by atoms with Gasteiger partial charge in [-0.25, -0.2) is 9.59 Å². The molecule has 0 bridgehead atoms. The second kappa shape index (κ2) is 8.61. The predicted molar refractivity (Wildman–Crippen MR) is 112 cm³/mol. The maximum Gasteiger partial charge on any atom is 0.332 e. The zero-order chi connectivity index (χ0) is 21.0. The Bertz CT molecular complexity index is 957. The van der Waals surface area contributed by atoms with Crippen LogP contribution in [0.3, 0.4) is 0 Å². The molecule has 0 amide bonds. The maximum atomic E-state index is 11.7. The van der Waals surface area contributed by atoms with E-state index in [1.54, 1.807) is 25.8 Å². The van der Waals surface area contributed by atoms with Gasteiger partial charge >= 0.3 is 11.9 Å². The lowest BCUT2D eigenvalue weighted by Crippen LogP contribution is -2.32. The maximum absolute atomic E-state index is 11.7. The summed E-state index contributed by atoms with van der Waals surface area (Å²) in [5.41, 5.74) is 1.01. The van der Waals surface area contributed by atoms with Crippen molar-refractivity contribution in [1.82, 2.24) is 0 Å². The first-order chi connectivity index (χ1) is 13.8. The van der Waals surface area contributed by atoms with Gasteiger partial charge in [-0.1, -0.05) is 36.9 Å². The molecule has 152 valence electrons. The molecule has 3 N–H and O–H groups in total. The summed E-state index contributed by atoms with van der Waals surface area (Å²) in [6.07, 6.45) is 1.94. The van der Waals surface area contributed by atoms with E-state index in [-0.39, 0.29) is 5.57 Å². The molecule has 1 aliphatic heterocycles. The number of carboxylic acid groups (broad SMARTS) is 2. The number of hydrogen-bond donors (Lipinski definition) is 3. The molecule has 0 radical (unpaired) electrons. The second-order valence-electron chi connectivity index (χ2n) is 7.19. The van der Waals surface area contributed by atoms with Gasteiger partial charge in [-0.05, 0) is 36.6 Å². The third-order valence-corrected chi connectivity index (χ3v) is 6.17. The van der Waals surface area contributed by atoms with Crippen molar-refractivity contribution in [1.29, 1.82) is 0 Å². The molecule has 2 aromatic carbocycles. The summed E-state index contributed by atoms with van der Waals surface area (Å²) in [4.78, 5) is 24.9. The Labute approximate surface area is 173 Å². The number of carbonyl (C=O) groups is 2. The van der Waals surface area contributed by atoms with Crippen molar-refractivity contribution in [3.8, 4) is 5.75 Å². The van der Waals surface area contributed by atoms with Gasteiger partial charge in [0.05, 0.1) is 17.6 Å². The molecular formula is C22H23NO5S. The Kier molecular flexibility index (Phi) is 6.17. The Morgan fingerprint density at radius 3 is 2.55 bits per heavy atom. The first-order valence-electron chi connectivity index (χ1n) is 9.18. The zero-order valence-electron chi connectivity index (χ0n) is 16.3. The van der Waals surface area contributed by atoms with Crippen molar-refractivity contribution in [3.63, 3.8) is 0 Å². The van der Waals surface area contributed by atoms with E-state index >= 15 is 0 Å². The van der Waals surface area contributed by atoms with Crippen LogP contribution in [0.5, 0.6) is 5.75 Å². The fourth-order valence-electron chi connectivity index (χ4n) is 3.46. The lowest BCUT2D eigenvalue weighted by molar-refractivity contribution is -0.136. The monoisotopic (exact) mass is 413 g/mol. The summed E-state index contributed by atoms with van der Waals surface area (Å²) in [6.45, 7) is 2.10. The summed E-state index contributed by atoms with van der Waals surface area (Å²) < 4.78 is 5.57. The van der Waals surface area contributed by atoms with Gasteiger partial charge in [0.15, 0.2) is 0 Å². The van der Waals surface area contributed by atoms with Gasteiger partial charge in [-0.3, -0.25) is 0 Å². The highest BCUT2D eigenvalue weighted by atomic mass is 32.2. The molecule has 2 aromatic rings. The highest BCUT2D eigenvalue weighted by molar-refractivity contribution is 7.99. The molecule has 6 nitrogen and oxygen atoms in total. The van der Waals surface area contributed by atoms with Crippen LogP contribution < -0.4 is 10.1 Å². The summed E-state index contributed by atoms with van der Waals surface area (Å²) in [7, 11) is 1.62. The Morgan fingerprint density at radius 1 is 1.21 bits per heavy atom. The molecule has 3 rings (SSSR count). The van der Waals surface area contributed by atoms with E-state index in [1.807, 2.05) is 36.4 Å². The first kappa shape index (κ1) is 20.8. The minimum Gasteiger partial charge on any atom is -0.495 e. The zero-order valence-corrected chi connectivity index (χ0v) is 17.1. The molecule has 0 aromatic heterocycles. The third kappa shape index (κ3) is 4.74. The van der Waals surface area contributed by atoms with E-state index in [0.29, 0.717) is 19.4 Å². The molecule has 29 heavy (non-hydrogen) atoms. The van der Waals surface area contributed by atoms with E-state index in [9.17, 15) is 14.7 Å². The van der Waals surface area contributed by atoms with Crippen molar-refractivity contribution in [3.05, 3.63) is 59.7 Å². The second-order valence-corrected chi connectivity index (χ2v) is 8.31. The van der Waals surface area contributed by atoms with Crippen LogP contribution in [0, 0.1) is 5.41 Å². The van der Waals surface area contributed by atoms with E-state index in [1.165, 1.54) is 0 Å². The number of benzene rings is 2. The standard InChI is InChI=1S/C22H23NO5S/c1-22(16(21(26)27)11-20(24)25)9-8-14-10-19(29-15-6-4-3-5-7-15)18(28-2)12-17(14)23-13-22/h3-7,10-12,23H,8-9,13H2,1-2H3,(H,24,25)(H,26,27). The van der Waals surface area contributed by atoms with Crippen LogP contribution in [0.2, 0.25) is 0 Å². The summed E-state index contributed by atoms with van der Waals surface area (Å²) in [5, 5.41) is 21.9. The number of ether oxygens (including phenoxy) is 1. The molecule has 1 aliphatic rings. The molecule has 1 heterocycles. The van der Waals surface area contributed by atoms with Gasteiger partial charge in [0.1, 0.15) is 5.75 Å². The van der Waals surface area contributed by atoms with Crippen LogP contribution >= 0.6 is 11.8 Å². The lowest BCUT2D eigenvalue weighted by Gasteiger charge is -2.28. The van der Waals surface area contributed by atoms with E-state index in [4.69, 9.17) is 9.84 Å². The van der Waals surface area contributed by atoms with E-state index < -0.39 is 17.4 Å². The number of aliphatic carboxylic acids is 2. The lowest BCUT2D eigenvalue weighted by atomic mass is 9.77. The van der Waals surface area contributed by atoms with Crippen molar-refractivity contribution in [2.75, 3.05) is 19.0 Å². The van der Waals surface area contributed by atoms with Gasteiger partial charge in [0.25, 0.3) is 0 Å². The summed E-state index contributed by atoms with van der Waals surface area (Å²) in [6, 6.07) is 14.0. The summed E-state index contributed by atoms with van der Waals surface area (Å²) >= 11 is 1.60. The summed E-state index contributed by atoms with van der Waals surface area (Å²) in [5.74, 6) is -1.73. The van der Waals surface area contributed by atoms with Crippen molar-refractivity contribution >= 4 is 29.4 Å². The van der Waals surface area contributed by atoms with Crippen LogP contribution in [0.25, 0.3) is 0 Å². The SMILES string of the molecule is COc1cc2c(cc1Sc1ccccc1)CCC(C)(C(=CC(=O)O)C(=O)O)CN2. The fourth-order valence-corrected chi connectivity index (χ4v) is 4.46. The number of rotatable bonds is 6. The molecule has 0 spiro atoms. The highest BCUT2D eigenvalue weighted by Gasteiger charge is 2.36.